The van der Waals surface area contributed by atoms with E-state index in [1.807, 2.05) is 6.92 Å². The van der Waals surface area contributed by atoms with Gasteiger partial charge >= 0.3 is 0 Å². The third-order valence-corrected chi connectivity index (χ3v) is 2.56. The predicted molar refractivity (Wildman–Crippen MR) is 59.6 cm³/mol. The molecule has 0 unspecified atom stereocenters. The quantitative estimate of drug-likeness (QED) is 0.691. The number of nitrogens with one attached hydrogen (secondary N) is 2. The highest BCUT2D eigenvalue weighted by molar-refractivity contribution is 7.07. The number of hydrogen-bond donors (Lipinski definition) is 2. The van der Waals surface area contributed by atoms with Crippen LogP contribution in [0.25, 0.3) is 0 Å². The lowest BCUT2D eigenvalue weighted by Gasteiger charge is -2.03. The molecule has 4 heteroatoms. The second kappa shape index (κ2) is 6.56. The van der Waals surface area contributed by atoms with Gasteiger partial charge in [-0.1, -0.05) is 0 Å². The van der Waals surface area contributed by atoms with E-state index in [1.54, 1.807) is 11.3 Å². The average molecular weight is 212 g/mol. The number of carbonyl (C=O) groups excluding carboxylic acids is 1. The van der Waals surface area contributed by atoms with Crippen molar-refractivity contribution in [1.29, 1.82) is 0 Å². The summed E-state index contributed by atoms with van der Waals surface area (Å²) >= 11 is 1.70. The van der Waals surface area contributed by atoms with Crippen LogP contribution in [0.15, 0.2) is 16.8 Å². The van der Waals surface area contributed by atoms with Crippen molar-refractivity contribution in [2.24, 2.45) is 0 Å². The highest BCUT2D eigenvalue weighted by atomic mass is 32.1. The third-order valence-electron chi connectivity index (χ3n) is 1.83. The maximum atomic E-state index is 11.0. The van der Waals surface area contributed by atoms with Crippen LogP contribution in [0.4, 0.5) is 0 Å². The van der Waals surface area contributed by atoms with Gasteiger partial charge in [-0.2, -0.15) is 11.3 Å². The second-order valence-corrected chi connectivity index (χ2v) is 3.79. The minimum atomic E-state index is 0.0674. The van der Waals surface area contributed by atoms with Gasteiger partial charge in [-0.05, 0) is 42.3 Å². The van der Waals surface area contributed by atoms with E-state index in [2.05, 4.69) is 27.5 Å². The summed E-state index contributed by atoms with van der Waals surface area (Å²) in [5.74, 6) is 0.0674. The monoisotopic (exact) mass is 212 g/mol. The maximum absolute atomic E-state index is 11.0. The summed E-state index contributed by atoms with van der Waals surface area (Å²) in [6.07, 6.45) is 0.989. The molecule has 0 fully saturated rings. The Hall–Kier alpha value is -0.870. The lowest BCUT2D eigenvalue weighted by atomic mass is 10.2. The molecule has 0 aliphatic rings. The minimum absolute atomic E-state index is 0.0674. The van der Waals surface area contributed by atoms with E-state index >= 15 is 0 Å². The predicted octanol–water partition coefficient (Wildman–Crippen LogP) is 1.02. The van der Waals surface area contributed by atoms with Crippen LogP contribution in [0, 0.1) is 0 Å². The van der Waals surface area contributed by atoms with Crippen LogP contribution in [-0.4, -0.2) is 25.5 Å². The fraction of sp³-hybridized carbons (Fsp3) is 0.500. The average Bonchev–Trinajstić information content (AvgIpc) is 2.65. The molecular weight excluding hydrogens is 196 g/mol. The summed E-state index contributed by atoms with van der Waals surface area (Å²) in [5, 5.41) is 10.0. The molecule has 1 aromatic rings. The van der Waals surface area contributed by atoms with Crippen LogP contribution in [0.2, 0.25) is 0 Å². The first-order valence-electron chi connectivity index (χ1n) is 4.81. The molecule has 14 heavy (non-hydrogen) atoms. The van der Waals surface area contributed by atoms with Gasteiger partial charge in [0.2, 0.25) is 5.91 Å². The fourth-order valence-electron chi connectivity index (χ4n) is 1.13. The number of likely N-dealkylation sites (N-methyl/N-ethyl adjacent to an activating group) is 1. The van der Waals surface area contributed by atoms with Crippen LogP contribution in [0.3, 0.4) is 0 Å². The van der Waals surface area contributed by atoms with Crippen LogP contribution in [0.1, 0.15) is 12.5 Å². The van der Waals surface area contributed by atoms with Crippen molar-refractivity contribution in [2.45, 2.75) is 13.3 Å². The van der Waals surface area contributed by atoms with Crippen LogP contribution < -0.4 is 10.6 Å². The van der Waals surface area contributed by atoms with Crippen molar-refractivity contribution in [3.8, 4) is 0 Å². The molecule has 1 rings (SSSR count). The zero-order chi connectivity index (χ0) is 10.2. The highest BCUT2D eigenvalue weighted by Crippen LogP contribution is 2.05. The third kappa shape index (κ3) is 4.39. The fourth-order valence-corrected chi connectivity index (χ4v) is 1.83. The van der Waals surface area contributed by atoms with E-state index < -0.39 is 0 Å². The number of carbonyl (C=O) groups is 1. The molecule has 0 spiro atoms. The Morgan fingerprint density at radius 1 is 1.57 bits per heavy atom. The molecule has 0 aliphatic carbocycles. The van der Waals surface area contributed by atoms with Crippen LogP contribution in [0.5, 0.6) is 0 Å². The molecule has 2 N–H and O–H groups in total. The minimum Gasteiger partial charge on any atom is -0.355 e. The van der Waals surface area contributed by atoms with Gasteiger partial charge in [0.15, 0.2) is 0 Å². The Morgan fingerprint density at radius 3 is 3.07 bits per heavy atom. The van der Waals surface area contributed by atoms with E-state index in [4.69, 9.17) is 0 Å². The van der Waals surface area contributed by atoms with Gasteiger partial charge in [0.25, 0.3) is 0 Å². The lowest BCUT2D eigenvalue weighted by Crippen LogP contribution is -2.34. The maximum Gasteiger partial charge on any atom is 0.233 e. The summed E-state index contributed by atoms with van der Waals surface area (Å²) in [4.78, 5) is 11.0. The molecule has 0 saturated carbocycles. The summed E-state index contributed by atoms with van der Waals surface area (Å²) in [7, 11) is 0. The molecule has 0 aromatic carbocycles. The summed E-state index contributed by atoms with van der Waals surface area (Å²) < 4.78 is 0. The smallest absolute Gasteiger partial charge is 0.233 e. The van der Waals surface area contributed by atoms with E-state index in [0.717, 1.165) is 13.0 Å². The lowest BCUT2D eigenvalue weighted by molar-refractivity contribution is -0.120. The van der Waals surface area contributed by atoms with Crippen molar-refractivity contribution >= 4 is 17.2 Å². The molecule has 78 valence electrons. The summed E-state index contributed by atoms with van der Waals surface area (Å²) in [6, 6.07) is 2.11. The van der Waals surface area contributed by atoms with Gasteiger partial charge in [0.1, 0.15) is 0 Å². The summed E-state index contributed by atoms with van der Waals surface area (Å²) in [6.45, 7) is 3.89. The Labute approximate surface area is 88.5 Å². The number of thiophene rings is 1. The standard InChI is InChI=1S/C10H16N2OS/c1-2-12-10(13)7-11-5-3-9-4-6-14-8-9/h4,6,8,11H,2-3,5,7H2,1H3,(H,12,13). The Kier molecular flexibility index (Phi) is 5.25. The number of rotatable bonds is 6. The molecule has 0 atom stereocenters. The molecule has 0 bridgehead atoms. The van der Waals surface area contributed by atoms with Gasteiger partial charge in [-0.15, -0.1) is 0 Å². The molecule has 1 heterocycles. The van der Waals surface area contributed by atoms with E-state index in [-0.39, 0.29) is 5.91 Å². The first-order valence-corrected chi connectivity index (χ1v) is 5.75. The largest absolute Gasteiger partial charge is 0.355 e. The Balaban J connectivity index is 2.02. The van der Waals surface area contributed by atoms with Crippen molar-refractivity contribution in [3.05, 3.63) is 22.4 Å². The molecule has 0 saturated heterocycles. The van der Waals surface area contributed by atoms with Gasteiger partial charge in [0, 0.05) is 6.54 Å². The van der Waals surface area contributed by atoms with Crippen molar-refractivity contribution in [2.75, 3.05) is 19.6 Å². The van der Waals surface area contributed by atoms with E-state index in [9.17, 15) is 4.79 Å². The zero-order valence-electron chi connectivity index (χ0n) is 8.38. The first kappa shape index (κ1) is 11.2. The van der Waals surface area contributed by atoms with Gasteiger partial charge < -0.3 is 10.6 Å². The molecule has 1 aromatic heterocycles. The van der Waals surface area contributed by atoms with Crippen molar-refractivity contribution < 1.29 is 4.79 Å². The molecular formula is C10H16N2OS. The van der Waals surface area contributed by atoms with Crippen LogP contribution in [-0.2, 0) is 11.2 Å². The normalized spacial score (nSPS) is 10.1. The van der Waals surface area contributed by atoms with Crippen molar-refractivity contribution in [3.63, 3.8) is 0 Å². The number of amides is 1. The van der Waals surface area contributed by atoms with E-state index in [0.29, 0.717) is 13.1 Å². The van der Waals surface area contributed by atoms with Crippen LogP contribution >= 0.6 is 11.3 Å². The van der Waals surface area contributed by atoms with Gasteiger partial charge in [-0.3, -0.25) is 4.79 Å². The molecule has 1 amide bonds. The van der Waals surface area contributed by atoms with Crippen molar-refractivity contribution in [1.82, 2.24) is 10.6 Å². The molecule has 0 radical (unpaired) electrons. The van der Waals surface area contributed by atoms with Gasteiger partial charge in [0.05, 0.1) is 6.54 Å². The molecule has 3 nitrogen and oxygen atoms in total. The van der Waals surface area contributed by atoms with Gasteiger partial charge in [-0.25, -0.2) is 0 Å². The zero-order valence-corrected chi connectivity index (χ0v) is 9.19. The van der Waals surface area contributed by atoms with E-state index in [1.165, 1.54) is 5.56 Å². The Morgan fingerprint density at radius 2 is 2.43 bits per heavy atom. The highest BCUT2D eigenvalue weighted by Gasteiger charge is 1.97. The number of hydrogen-bond acceptors (Lipinski definition) is 3. The SMILES string of the molecule is CCNC(=O)CNCCc1ccsc1. The first-order chi connectivity index (χ1) is 6.83. The Bertz CT molecular complexity index is 259. The second-order valence-electron chi connectivity index (χ2n) is 3.01. The molecule has 0 aliphatic heterocycles. The topological polar surface area (TPSA) is 41.1 Å². The summed E-state index contributed by atoms with van der Waals surface area (Å²) in [5.41, 5.74) is 1.33.